The lowest BCUT2D eigenvalue weighted by molar-refractivity contribution is 0.553. The highest BCUT2D eigenvalue weighted by atomic mass is 15.6. The lowest BCUT2D eigenvalue weighted by Crippen LogP contribution is -1.98. The third kappa shape index (κ3) is 1.56. The van der Waals surface area contributed by atoms with Crippen LogP contribution in [0, 0.1) is 0 Å². The molecule has 4 heteroatoms. The van der Waals surface area contributed by atoms with E-state index >= 15 is 0 Å². The van der Waals surface area contributed by atoms with Crippen LogP contribution in [0.2, 0.25) is 0 Å². The highest BCUT2D eigenvalue weighted by Gasteiger charge is 2.02. The highest BCUT2D eigenvalue weighted by molar-refractivity contribution is 5.52. The molecular formula is C9H10N4. The number of aromatic nitrogens is 4. The van der Waals surface area contributed by atoms with Crippen LogP contribution in [0.3, 0.4) is 0 Å². The molecule has 0 saturated heterocycles. The number of benzene rings is 1. The third-order valence-corrected chi connectivity index (χ3v) is 1.77. The Morgan fingerprint density at radius 1 is 1.23 bits per heavy atom. The Morgan fingerprint density at radius 2 is 2.00 bits per heavy atom. The van der Waals surface area contributed by atoms with Crippen LogP contribution in [0.5, 0.6) is 0 Å². The minimum absolute atomic E-state index is 0.683. The first-order valence-electron chi connectivity index (χ1n) is 4.23. The van der Waals surface area contributed by atoms with Crippen LogP contribution in [0.15, 0.2) is 30.3 Å². The average molecular weight is 174 g/mol. The monoisotopic (exact) mass is 174 g/mol. The molecule has 0 aliphatic heterocycles. The van der Waals surface area contributed by atoms with E-state index in [-0.39, 0.29) is 0 Å². The maximum absolute atomic E-state index is 4.19. The van der Waals surface area contributed by atoms with Gasteiger partial charge in [-0.15, -0.1) is 10.2 Å². The van der Waals surface area contributed by atoms with Crippen LogP contribution >= 0.6 is 0 Å². The molecule has 2 aromatic rings. The van der Waals surface area contributed by atoms with Crippen LogP contribution in [0.1, 0.15) is 6.92 Å². The zero-order valence-corrected chi connectivity index (χ0v) is 7.38. The van der Waals surface area contributed by atoms with E-state index in [2.05, 4.69) is 15.4 Å². The maximum Gasteiger partial charge on any atom is 0.204 e. The molecule has 1 aromatic carbocycles. The molecule has 0 unspecified atom stereocenters. The molecule has 1 aromatic heterocycles. The van der Waals surface area contributed by atoms with Gasteiger partial charge in [0.2, 0.25) is 5.82 Å². The van der Waals surface area contributed by atoms with Crippen LogP contribution in [-0.4, -0.2) is 20.2 Å². The summed E-state index contributed by atoms with van der Waals surface area (Å²) in [4.78, 5) is 1.57. The number of aryl methyl sites for hydroxylation is 1. The van der Waals surface area contributed by atoms with Crippen molar-refractivity contribution < 1.29 is 0 Å². The van der Waals surface area contributed by atoms with Crippen molar-refractivity contribution >= 4 is 0 Å². The molecule has 0 aliphatic carbocycles. The van der Waals surface area contributed by atoms with Crippen LogP contribution in [0.25, 0.3) is 11.4 Å². The summed E-state index contributed by atoms with van der Waals surface area (Å²) >= 11 is 0. The number of hydrogen-bond acceptors (Lipinski definition) is 3. The summed E-state index contributed by atoms with van der Waals surface area (Å²) in [6.45, 7) is 2.73. The van der Waals surface area contributed by atoms with Crippen molar-refractivity contribution in [2.75, 3.05) is 0 Å². The molecule has 0 bridgehead atoms. The van der Waals surface area contributed by atoms with Crippen LogP contribution in [-0.2, 0) is 6.54 Å². The van der Waals surface area contributed by atoms with E-state index in [1.54, 1.807) is 4.80 Å². The van der Waals surface area contributed by atoms with Gasteiger partial charge < -0.3 is 0 Å². The molecule has 0 saturated carbocycles. The molecule has 0 N–H and O–H groups in total. The summed E-state index contributed by atoms with van der Waals surface area (Å²) in [5.41, 5.74) is 1.00. The van der Waals surface area contributed by atoms with Crippen molar-refractivity contribution in [1.29, 1.82) is 0 Å². The van der Waals surface area contributed by atoms with E-state index in [4.69, 9.17) is 0 Å². The normalized spacial score (nSPS) is 10.2. The van der Waals surface area contributed by atoms with E-state index < -0.39 is 0 Å². The Labute approximate surface area is 76.2 Å². The average Bonchev–Trinajstić information content (AvgIpc) is 2.67. The van der Waals surface area contributed by atoms with Gasteiger partial charge in [0.1, 0.15) is 0 Å². The summed E-state index contributed by atoms with van der Waals surface area (Å²) in [7, 11) is 0. The second-order valence-electron chi connectivity index (χ2n) is 2.67. The molecule has 0 amide bonds. The van der Waals surface area contributed by atoms with E-state index in [1.807, 2.05) is 37.3 Å². The Bertz CT molecular complexity index is 380. The third-order valence-electron chi connectivity index (χ3n) is 1.77. The summed E-state index contributed by atoms with van der Waals surface area (Å²) in [5.74, 6) is 0.683. The smallest absolute Gasteiger partial charge is 0.164 e. The maximum atomic E-state index is 4.19. The van der Waals surface area contributed by atoms with Gasteiger partial charge in [0.15, 0.2) is 0 Å². The van der Waals surface area contributed by atoms with Crippen molar-refractivity contribution in [2.45, 2.75) is 13.5 Å². The molecule has 0 aliphatic rings. The minimum atomic E-state index is 0.683. The van der Waals surface area contributed by atoms with Gasteiger partial charge in [0.25, 0.3) is 0 Å². The molecule has 66 valence electrons. The summed E-state index contributed by atoms with van der Waals surface area (Å²) in [6.07, 6.45) is 0. The van der Waals surface area contributed by atoms with Gasteiger partial charge in [-0.05, 0) is 12.1 Å². The molecule has 0 fully saturated rings. The van der Waals surface area contributed by atoms with Crippen molar-refractivity contribution in [3.8, 4) is 11.4 Å². The van der Waals surface area contributed by atoms with Crippen LogP contribution < -0.4 is 0 Å². The van der Waals surface area contributed by atoms with Crippen LogP contribution in [0.4, 0.5) is 0 Å². The molecular weight excluding hydrogens is 164 g/mol. The fourth-order valence-corrected chi connectivity index (χ4v) is 1.08. The van der Waals surface area contributed by atoms with E-state index in [9.17, 15) is 0 Å². The fraction of sp³-hybridized carbons (Fsp3) is 0.222. The first kappa shape index (κ1) is 7.91. The highest BCUT2D eigenvalue weighted by Crippen LogP contribution is 2.11. The predicted octanol–water partition coefficient (Wildman–Crippen LogP) is 1.36. The van der Waals surface area contributed by atoms with E-state index in [1.165, 1.54) is 0 Å². The first-order chi connectivity index (χ1) is 6.40. The van der Waals surface area contributed by atoms with Gasteiger partial charge >= 0.3 is 0 Å². The summed E-state index contributed by atoms with van der Waals surface area (Å²) < 4.78 is 0. The van der Waals surface area contributed by atoms with Gasteiger partial charge in [0, 0.05) is 5.56 Å². The van der Waals surface area contributed by atoms with Crippen molar-refractivity contribution in [3.63, 3.8) is 0 Å². The van der Waals surface area contributed by atoms with Gasteiger partial charge in [-0.25, -0.2) is 0 Å². The standard InChI is InChI=1S/C9H10N4/c1-2-13-11-9(10-12-13)8-6-4-3-5-7-8/h3-7H,2H2,1H3. The molecule has 0 radical (unpaired) electrons. The van der Waals surface area contributed by atoms with Gasteiger partial charge in [-0.3, -0.25) is 0 Å². The zero-order chi connectivity index (χ0) is 9.10. The SMILES string of the molecule is CCn1nnc(-c2ccccc2)n1. The molecule has 2 rings (SSSR count). The lowest BCUT2D eigenvalue weighted by atomic mass is 10.2. The number of hydrogen-bond donors (Lipinski definition) is 0. The molecule has 13 heavy (non-hydrogen) atoms. The predicted molar refractivity (Wildman–Crippen MR) is 48.9 cm³/mol. The Kier molecular flexibility index (Phi) is 2.04. The number of rotatable bonds is 2. The van der Waals surface area contributed by atoms with E-state index in [0.717, 1.165) is 12.1 Å². The molecule has 4 nitrogen and oxygen atoms in total. The quantitative estimate of drug-likeness (QED) is 0.690. The molecule has 1 heterocycles. The van der Waals surface area contributed by atoms with Crippen molar-refractivity contribution in [3.05, 3.63) is 30.3 Å². The zero-order valence-electron chi connectivity index (χ0n) is 7.38. The largest absolute Gasteiger partial charge is 0.204 e. The second-order valence-corrected chi connectivity index (χ2v) is 2.67. The Morgan fingerprint density at radius 3 is 2.62 bits per heavy atom. The lowest BCUT2D eigenvalue weighted by Gasteiger charge is -1.91. The second kappa shape index (κ2) is 3.35. The topological polar surface area (TPSA) is 43.6 Å². The van der Waals surface area contributed by atoms with E-state index in [0.29, 0.717) is 5.82 Å². The van der Waals surface area contributed by atoms with Crippen molar-refractivity contribution in [2.24, 2.45) is 0 Å². The Balaban J connectivity index is 2.36. The summed E-state index contributed by atoms with van der Waals surface area (Å²) in [5, 5.41) is 12.0. The fourth-order valence-electron chi connectivity index (χ4n) is 1.08. The number of nitrogens with zero attached hydrogens (tertiary/aromatic N) is 4. The number of tetrazole rings is 1. The summed E-state index contributed by atoms with van der Waals surface area (Å²) in [6, 6.07) is 9.83. The first-order valence-corrected chi connectivity index (χ1v) is 4.23. The van der Waals surface area contributed by atoms with Crippen molar-refractivity contribution in [1.82, 2.24) is 20.2 Å². The molecule has 0 atom stereocenters. The molecule has 0 spiro atoms. The Hall–Kier alpha value is -1.71. The van der Waals surface area contributed by atoms with Gasteiger partial charge in [-0.1, -0.05) is 30.3 Å². The van der Waals surface area contributed by atoms with Gasteiger partial charge in [0.05, 0.1) is 6.54 Å². The minimum Gasteiger partial charge on any atom is -0.164 e. The van der Waals surface area contributed by atoms with Gasteiger partial charge in [-0.2, -0.15) is 4.80 Å².